The summed E-state index contributed by atoms with van der Waals surface area (Å²) in [5.74, 6) is -0.0663. The average Bonchev–Trinajstić information content (AvgIpc) is 3.08. The van der Waals surface area contributed by atoms with E-state index in [-0.39, 0.29) is 11.9 Å². The molecule has 1 unspecified atom stereocenters. The van der Waals surface area contributed by atoms with Crippen LogP contribution in [0.25, 0.3) is 5.52 Å². The lowest BCUT2D eigenvalue weighted by atomic mass is 10.1. The number of thiophene rings is 1. The lowest BCUT2D eigenvalue weighted by Gasteiger charge is -2.12. The number of carbonyl (C=O) groups is 1. The number of amides is 1. The van der Waals surface area contributed by atoms with Gasteiger partial charge in [0.2, 0.25) is 0 Å². The van der Waals surface area contributed by atoms with Gasteiger partial charge in [0, 0.05) is 23.5 Å². The Morgan fingerprint density at radius 3 is 3.05 bits per heavy atom. The molecule has 21 heavy (non-hydrogen) atoms. The summed E-state index contributed by atoms with van der Waals surface area (Å²) in [5, 5.41) is 9.35. The van der Waals surface area contributed by atoms with E-state index in [1.807, 2.05) is 38.2 Å². The summed E-state index contributed by atoms with van der Waals surface area (Å²) in [6.07, 6.45) is 4.34. The second-order valence-corrected chi connectivity index (χ2v) is 6.23. The average molecular weight is 299 g/mol. The van der Waals surface area contributed by atoms with Crippen LogP contribution in [-0.2, 0) is 6.42 Å². The molecule has 3 heterocycles. The molecule has 0 aliphatic heterocycles. The van der Waals surface area contributed by atoms with Crippen LogP contribution in [0.1, 0.15) is 27.7 Å². The fourth-order valence-electron chi connectivity index (χ4n) is 2.47. The first kappa shape index (κ1) is 13.8. The van der Waals surface area contributed by atoms with E-state index < -0.39 is 0 Å². The quantitative estimate of drug-likeness (QED) is 0.805. The third-order valence-corrected chi connectivity index (χ3v) is 4.35. The fourth-order valence-corrected chi connectivity index (χ4v) is 3.30. The van der Waals surface area contributed by atoms with Gasteiger partial charge in [-0.15, -0.1) is 11.3 Å². The highest BCUT2D eigenvalue weighted by Crippen LogP contribution is 2.16. The van der Waals surface area contributed by atoms with Crippen LogP contribution in [0.2, 0.25) is 0 Å². The molecule has 108 valence electrons. The first-order valence-electron chi connectivity index (χ1n) is 6.91. The van der Waals surface area contributed by atoms with Gasteiger partial charge in [-0.3, -0.25) is 4.79 Å². The van der Waals surface area contributed by atoms with Gasteiger partial charge in [-0.25, -0.2) is 4.52 Å². The zero-order valence-electron chi connectivity index (χ0n) is 12.0. The molecule has 3 aromatic rings. The summed E-state index contributed by atoms with van der Waals surface area (Å²) in [7, 11) is 0. The van der Waals surface area contributed by atoms with Gasteiger partial charge in [0.25, 0.3) is 5.91 Å². The molecule has 3 rings (SSSR count). The summed E-state index contributed by atoms with van der Waals surface area (Å²) in [6.45, 7) is 4.01. The van der Waals surface area contributed by atoms with Gasteiger partial charge in [-0.1, -0.05) is 12.1 Å². The monoisotopic (exact) mass is 299 g/mol. The maximum Gasteiger partial charge on any atom is 0.255 e. The number of aryl methyl sites for hydroxylation is 1. The van der Waals surface area contributed by atoms with Gasteiger partial charge in [-0.05, 0) is 36.9 Å². The SMILES string of the molecule is Cc1cccn2ncc(C(=O)NC(C)Cc3cccs3)c12. The van der Waals surface area contributed by atoms with Crippen molar-refractivity contribution in [2.75, 3.05) is 0 Å². The Kier molecular flexibility index (Phi) is 3.75. The Balaban J connectivity index is 1.78. The predicted octanol–water partition coefficient (Wildman–Crippen LogP) is 3.07. The molecule has 0 fully saturated rings. The normalized spacial score (nSPS) is 12.5. The van der Waals surface area contributed by atoms with E-state index in [0.29, 0.717) is 5.56 Å². The zero-order valence-corrected chi connectivity index (χ0v) is 12.9. The minimum Gasteiger partial charge on any atom is -0.349 e. The van der Waals surface area contributed by atoms with Crippen molar-refractivity contribution in [1.82, 2.24) is 14.9 Å². The summed E-state index contributed by atoms with van der Waals surface area (Å²) >= 11 is 1.71. The van der Waals surface area contributed by atoms with Crippen LogP contribution < -0.4 is 5.32 Å². The highest BCUT2D eigenvalue weighted by Gasteiger charge is 2.16. The number of aromatic nitrogens is 2. The predicted molar refractivity (Wildman–Crippen MR) is 84.9 cm³/mol. The number of rotatable bonds is 4. The van der Waals surface area contributed by atoms with Gasteiger partial charge in [0.15, 0.2) is 0 Å². The molecule has 0 bridgehead atoms. The van der Waals surface area contributed by atoms with E-state index in [2.05, 4.69) is 21.9 Å². The molecule has 0 spiro atoms. The van der Waals surface area contributed by atoms with Gasteiger partial charge >= 0.3 is 0 Å². The smallest absolute Gasteiger partial charge is 0.255 e. The molecule has 4 nitrogen and oxygen atoms in total. The number of hydrogen-bond donors (Lipinski definition) is 1. The Morgan fingerprint density at radius 1 is 1.43 bits per heavy atom. The van der Waals surface area contributed by atoms with Crippen LogP contribution in [0.4, 0.5) is 0 Å². The van der Waals surface area contributed by atoms with Crippen LogP contribution in [0.3, 0.4) is 0 Å². The maximum atomic E-state index is 12.4. The van der Waals surface area contributed by atoms with E-state index in [4.69, 9.17) is 0 Å². The number of carbonyl (C=O) groups excluding carboxylic acids is 1. The molecular weight excluding hydrogens is 282 g/mol. The molecule has 5 heteroatoms. The molecule has 0 radical (unpaired) electrons. The standard InChI is InChI=1S/C16H17N3OS/c1-11-5-3-7-19-15(11)14(10-17-19)16(20)18-12(2)9-13-6-4-8-21-13/h3-8,10,12H,9H2,1-2H3,(H,18,20). The fraction of sp³-hybridized carbons (Fsp3) is 0.250. The number of hydrogen-bond acceptors (Lipinski definition) is 3. The molecule has 3 aromatic heterocycles. The number of fused-ring (bicyclic) bond motifs is 1. The zero-order chi connectivity index (χ0) is 14.8. The first-order valence-corrected chi connectivity index (χ1v) is 7.79. The molecule has 0 saturated heterocycles. The highest BCUT2D eigenvalue weighted by molar-refractivity contribution is 7.09. The van der Waals surface area contributed by atoms with E-state index in [0.717, 1.165) is 17.5 Å². The van der Waals surface area contributed by atoms with Crippen molar-refractivity contribution in [2.24, 2.45) is 0 Å². The Morgan fingerprint density at radius 2 is 2.29 bits per heavy atom. The number of pyridine rings is 1. The van der Waals surface area contributed by atoms with Crippen LogP contribution in [-0.4, -0.2) is 21.6 Å². The topological polar surface area (TPSA) is 46.4 Å². The summed E-state index contributed by atoms with van der Waals surface area (Å²) in [5.41, 5.74) is 2.55. The van der Waals surface area contributed by atoms with Crippen LogP contribution in [0.15, 0.2) is 42.0 Å². The minimum absolute atomic E-state index is 0.0663. The Bertz CT molecular complexity index is 761. The second kappa shape index (κ2) is 5.69. The summed E-state index contributed by atoms with van der Waals surface area (Å²) < 4.78 is 1.74. The van der Waals surface area contributed by atoms with Crippen molar-refractivity contribution in [1.29, 1.82) is 0 Å². The maximum absolute atomic E-state index is 12.4. The van der Waals surface area contributed by atoms with Gasteiger partial charge in [0.05, 0.1) is 17.3 Å². The van der Waals surface area contributed by atoms with Crippen LogP contribution in [0, 0.1) is 6.92 Å². The summed E-state index contributed by atoms with van der Waals surface area (Å²) in [6, 6.07) is 8.13. The van der Waals surface area contributed by atoms with Crippen molar-refractivity contribution < 1.29 is 4.79 Å². The highest BCUT2D eigenvalue weighted by atomic mass is 32.1. The minimum atomic E-state index is -0.0663. The second-order valence-electron chi connectivity index (χ2n) is 5.20. The van der Waals surface area contributed by atoms with Crippen molar-refractivity contribution in [3.63, 3.8) is 0 Å². The Hall–Kier alpha value is -2.14. The summed E-state index contributed by atoms with van der Waals surface area (Å²) in [4.78, 5) is 13.7. The molecular formula is C16H17N3OS. The molecule has 0 aromatic carbocycles. The molecule has 0 saturated carbocycles. The third kappa shape index (κ3) is 2.83. The molecule has 1 atom stereocenters. The number of nitrogens with zero attached hydrogens (tertiary/aromatic N) is 2. The van der Waals surface area contributed by atoms with Crippen molar-refractivity contribution in [2.45, 2.75) is 26.3 Å². The first-order chi connectivity index (χ1) is 10.1. The van der Waals surface area contributed by atoms with Crippen molar-refractivity contribution in [3.8, 4) is 0 Å². The number of nitrogens with one attached hydrogen (secondary N) is 1. The van der Waals surface area contributed by atoms with Crippen molar-refractivity contribution in [3.05, 3.63) is 58.0 Å². The van der Waals surface area contributed by atoms with Gasteiger partial charge < -0.3 is 5.32 Å². The van der Waals surface area contributed by atoms with Crippen molar-refractivity contribution >= 4 is 22.8 Å². The van der Waals surface area contributed by atoms with Gasteiger partial charge in [-0.2, -0.15) is 5.10 Å². The largest absolute Gasteiger partial charge is 0.349 e. The third-order valence-electron chi connectivity index (χ3n) is 3.45. The molecule has 0 aliphatic carbocycles. The molecule has 0 aliphatic rings. The lowest BCUT2D eigenvalue weighted by molar-refractivity contribution is 0.0942. The van der Waals surface area contributed by atoms with E-state index in [9.17, 15) is 4.79 Å². The Labute approximate surface area is 127 Å². The molecule has 1 N–H and O–H groups in total. The van der Waals surface area contributed by atoms with E-state index >= 15 is 0 Å². The van der Waals surface area contributed by atoms with E-state index in [1.165, 1.54) is 4.88 Å². The molecule has 1 amide bonds. The van der Waals surface area contributed by atoms with E-state index in [1.54, 1.807) is 22.0 Å². The van der Waals surface area contributed by atoms with Crippen LogP contribution >= 0.6 is 11.3 Å². The van der Waals surface area contributed by atoms with Crippen LogP contribution in [0.5, 0.6) is 0 Å². The van der Waals surface area contributed by atoms with Gasteiger partial charge in [0.1, 0.15) is 0 Å². The lowest BCUT2D eigenvalue weighted by Crippen LogP contribution is -2.33.